The fraction of sp³-hybridized carbons (Fsp3) is 0.286. The molecule has 0 bridgehead atoms. The number of nitrogens with zero attached hydrogens (tertiary/aromatic N) is 2. The average molecular weight is 353 g/mol. The molecule has 0 saturated carbocycles. The molecule has 0 saturated heterocycles. The monoisotopic (exact) mass is 353 g/mol. The second kappa shape index (κ2) is 7.30. The van der Waals surface area contributed by atoms with E-state index in [-0.39, 0.29) is 5.91 Å². The summed E-state index contributed by atoms with van der Waals surface area (Å²) in [5.74, 6) is -0.656. The molecule has 26 heavy (non-hydrogen) atoms. The van der Waals surface area contributed by atoms with Gasteiger partial charge in [0.1, 0.15) is 5.82 Å². The standard InChI is InChI=1S/C21H24FN3O/c1-14-11-18(22)12-19-20(14)25(10-9-23-21(19)26)15(2)17-7-5-16(6-8-17)13-24(3)4/h5-8,11-12H,2,9-10,13H2,1,3-4H3,(H,23,26). The van der Waals surface area contributed by atoms with Crippen LogP contribution in [0.2, 0.25) is 0 Å². The number of hydrogen-bond donors (Lipinski definition) is 1. The summed E-state index contributed by atoms with van der Waals surface area (Å²) in [6, 6.07) is 11.0. The molecule has 0 spiro atoms. The van der Waals surface area contributed by atoms with Crippen LogP contribution in [0.25, 0.3) is 5.70 Å². The lowest BCUT2D eigenvalue weighted by molar-refractivity contribution is 0.0957. The molecule has 1 heterocycles. The van der Waals surface area contributed by atoms with Crippen LogP contribution in [0.1, 0.15) is 27.0 Å². The van der Waals surface area contributed by atoms with Crippen LogP contribution in [0.3, 0.4) is 0 Å². The number of rotatable bonds is 4. The average Bonchev–Trinajstić information content (AvgIpc) is 2.74. The second-order valence-corrected chi connectivity index (χ2v) is 6.91. The van der Waals surface area contributed by atoms with Gasteiger partial charge in [-0.2, -0.15) is 0 Å². The maximum absolute atomic E-state index is 13.8. The number of halogens is 1. The lowest BCUT2D eigenvalue weighted by Crippen LogP contribution is -2.29. The molecule has 0 atom stereocenters. The van der Waals surface area contributed by atoms with Gasteiger partial charge in [0.2, 0.25) is 0 Å². The van der Waals surface area contributed by atoms with Crippen LogP contribution < -0.4 is 10.2 Å². The number of carbonyl (C=O) groups is 1. The molecule has 2 aromatic carbocycles. The summed E-state index contributed by atoms with van der Waals surface area (Å²) < 4.78 is 13.8. The third-order valence-electron chi connectivity index (χ3n) is 4.51. The Labute approximate surface area is 153 Å². The number of benzene rings is 2. The van der Waals surface area contributed by atoms with Crippen molar-refractivity contribution in [2.75, 3.05) is 32.1 Å². The summed E-state index contributed by atoms with van der Waals surface area (Å²) in [5.41, 5.74) is 4.81. The normalized spacial score (nSPS) is 14.0. The first-order chi connectivity index (χ1) is 12.4. The highest BCUT2D eigenvalue weighted by Gasteiger charge is 2.25. The van der Waals surface area contributed by atoms with E-state index < -0.39 is 5.82 Å². The van der Waals surface area contributed by atoms with Crippen molar-refractivity contribution in [1.82, 2.24) is 10.2 Å². The van der Waals surface area contributed by atoms with Crippen LogP contribution in [-0.4, -0.2) is 38.0 Å². The molecule has 1 aliphatic heterocycles. The molecule has 5 heteroatoms. The maximum atomic E-state index is 13.8. The molecular weight excluding hydrogens is 329 g/mol. The van der Waals surface area contributed by atoms with Crippen LogP contribution >= 0.6 is 0 Å². The predicted octanol–water partition coefficient (Wildman–Crippen LogP) is 3.42. The van der Waals surface area contributed by atoms with Gasteiger partial charge in [0.15, 0.2) is 0 Å². The lowest BCUT2D eigenvalue weighted by atomic mass is 10.0. The Morgan fingerprint density at radius 3 is 2.62 bits per heavy atom. The van der Waals surface area contributed by atoms with Crippen LogP contribution in [0, 0.1) is 12.7 Å². The van der Waals surface area contributed by atoms with Crippen molar-refractivity contribution >= 4 is 17.3 Å². The van der Waals surface area contributed by atoms with Gasteiger partial charge in [-0.1, -0.05) is 30.8 Å². The minimum Gasteiger partial charge on any atom is -0.350 e. The van der Waals surface area contributed by atoms with Crippen molar-refractivity contribution in [3.63, 3.8) is 0 Å². The SMILES string of the molecule is C=C(c1ccc(CN(C)C)cc1)N1CCNC(=O)c2cc(F)cc(C)c21. The van der Waals surface area contributed by atoms with E-state index in [0.29, 0.717) is 18.7 Å². The topological polar surface area (TPSA) is 35.6 Å². The lowest BCUT2D eigenvalue weighted by Gasteiger charge is -2.28. The number of amides is 1. The number of nitrogens with one attached hydrogen (secondary N) is 1. The first-order valence-corrected chi connectivity index (χ1v) is 8.65. The Morgan fingerprint density at radius 1 is 1.27 bits per heavy atom. The largest absolute Gasteiger partial charge is 0.350 e. The zero-order chi connectivity index (χ0) is 18.8. The summed E-state index contributed by atoms with van der Waals surface area (Å²) in [6.07, 6.45) is 0. The van der Waals surface area contributed by atoms with Gasteiger partial charge in [-0.3, -0.25) is 4.79 Å². The maximum Gasteiger partial charge on any atom is 0.253 e. The molecule has 0 aliphatic carbocycles. The summed E-state index contributed by atoms with van der Waals surface area (Å²) in [7, 11) is 4.07. The van der Waals surface area contributed by atoms with Crippen molar-refractivity contribution in [2.45, 2.75) is 13.5 Å². The summed E-state index contributed by atoms with van der Waals surface area (Å²) in [4.78, 5) is 16.4. The van der Waals surface area contributed by atoms with E-state index in [1.807, 2.05) is 38.1 Å². The molecule has 0 fully saturated rings. The summed E-state index contributed by atoms with van der Waals surface area (Å²) in [5, 5.41) is 2.83. The number of hydrogen-bond acceptors (Lipinski definition) is 3. The Morgan fingerprint density at radius 2 is 1.96 bits per heavy atom. The highest BCUT2D eigenvalue weighted by molar-refractivity contribution is 6.03. The van der Waals surface area contributed by atoms with Gasteiger partial charge in [0.05, 0.1) is 11.3 Å². The van der Waals surface area contributed by atoms with E-state index in [1.165, 1.54) is 17.7 Å². The molecule has 4 nitrogen and oxygen atoms in total. The van der Waals surface area contributed by atoms with E-state index in [2.05, 4.69) is 28.9 Å². The Kier molecular flexibility index (Phi) is 5.09. The Hall–Kier alpha value is -2.66. The zero-order valence-corrected chi connectivity index (χ0v) is 15.5. The molecule has 1 amide bonds. The molecule has 3 rings (SSSR count). The zero-order valence-electron chi connectivity index (χ0n) is 15.5. The van der Waals surface area contributed by atoms with Gasteiger partial charge in [0, 0.05) is 25.3 Å². The highest BCUT2D eigenvalue weighted by Crippen LogP contribution is 2.33. The van der Waals surface area contributed by atoms with Crippen molar-refractivity contribution in [3.8, 4) is 0 Å². The van der Waals surface area contributed by atoms with Gasteiger partial charge < -0.3 is 15.1 Å². The molecular formula is C21H24FN3O. The Balaban J connectivity index is 1.97. The van der Waals surface area contributed by atoms with Gasteiger partial charge in [-0.25, -0.2) is 4.39 Å². The van der Waals surface area contributed by atoms with Crippen LogP contribution in [-0.2, 0) is 6.54 Å². The van der Waals surface area contributed by atoms with Crippen LogP contribution in [0.4, 0.5) is 10.1 Å². The van der Waals surface area contributed by atoms with Crippen molar-refractivity contribution in [1.29, 1.82) is 0 Å². The van der Waals surface area contributed by atoms with Crippen molar-refractivity contribution in [3.05, 3.63) is 71.0 Å². The summed E-state index contributed by atoms with van der Waals surface area (Å²) in [6.45, 7) is 8.01. The first kappa shape index (κ1) is 18.1. The number of anilines is 1. The number of aryl methyl sites for hydroxylation is 1. The van der Waals surface area contributed by atoms with Crippen LogP contribution in [0.15, 0.2) is 43.0 Å². The third-order valence-corrected chi connectivity index (χ3v) is 4.51. The van der Waals surface area contributed by atoms with E-state index in [9.17, 15) is 9.18 Å². The highest BCUT2D eigenvalue weighted by atomic mass is 19.1. The number of fused-ring (bicyclic) bond motifs is 1. The van der Waals surface area contributed by atoms with Crippen LogP contribution in [0.5, 0.6) is 0 Å². The van der Waals surface area contributed by atoms with Crippen molar-refractivity contribution in [2.24, 2.45) is 0 Å². The first-order valence-electron chi connectivity index (χ1n) is 8.65. The third kappa shape index (κ3) is 3.63. The Bertz CT molecular complexity index is 843. The molecule has 2 aromatic rings. The van der Waals surface area contributed by atoms with E-state index in [0.717, 1.165) is 29.1 Å². The van der Waals surface area contributed by atoms with E-state index in [1.54, 1.807) is 0 Å². The van der Waals surface area contributed by atoms with Gasteiger partial charge in [-0.15, -0.1) is 0 Å². The fourth-order valence-electron chi connectivity index (χ4n) is 3.35. The van der Waals surface area contributed by atoms with Gasteiger partial charge >= 0.3 is 0 Å². The summed E-state index contributed by atoms with van der Waals surface area (Å²) >= 11 is 0. The van der Waals surface area contributed by atoms with Gasteiger partial charge in [0.25, 0.3) is 5.91 Å². The predicted molar refractivity (Wildman–Crippen MR) is 104 cm³/mol. The molecule has 0 unspecified atom stereocenters. The minimum atomic E-state index is -0.406. The molecule has 1 N–H and O–H groups in total. The van der Waals surface area contributed by atoms with Crippen molar-refractivity contribution < 1.29 is 9.18 Å². The quantitative estimate of drug-likeness (QED) is 0.915. The minimum absolute atomic E-state index is 0.251. The fourth-order valence-corrected chi connectivity index (χ4v) is 3.35. The number of carbonyl (C=O) groups excluding carboxylic acids is 1. The molecule has 0 radical (unpaired) electrons. The smallest absolute Gasteiger partial charge is 0.253 e. The molecule has 1 aliphatic rings. The van der Waals surface area contributed by atoms with E-state index in [4.69, 9.17) is 0 Å². The molecule has 0 aromatic heterocycles. The van der Waals surface area contributed by atoms with E-state index >= 15 is 0 Å². The van der Waals surface area contributed by atoms with Gasteiger partial charge in [-0.05, 0) is 49.8 Å². The molecule has 136 valence electrons. The second-order valence-electron chi connectivity index (χ2n) is 6.91.